The maximum absolute atomic E-state index is 12.0. The second kappa shape index (κ2) is 7.40. The highest BCUT2D eigenvalue weighted by molar-refractivity contribution is 5.92. The Hall–Kier alpha value is -3.88. The zero-order valence-electron chi connectivity index (χ0n) is 11.8. The molecule has 12 heteroatoms. The van der Waals surface area contributed by atoms with E-state index in [0.29, 0.717) is 0 Å². The zero-order chi connectivity index (χ0) is 17.5. The lowest BCUT2D eigenvalue weighted by molar-refractivity contribution is 0.0638. The molecule has 2 rings (SSSR count). The number of furan rings is 2. The van der Waals surface area contributed by atoms with Crippen LogP contribution < -0.4 is 4.74 Å². The van der Waals surface area contributed by atoms with E-state index in [1.807, 2.05) is 0 Å². The van der Waals surface area contributed by atoms with Crippen molar-refractivity contribution in [2.75, 3.05) is 0 Å². The Morgan fingerprint density at radius 2 is 1.79 bits per heavy atom. The van der Waals surface area contributed by atoms with E-state index in [0.717, 1.165) is 6.07 Å². The fourth-order valence-electron chi connectivity index (χ4n) is 1.65. The van der Waals surface area contributed by atoms with Gasteiger partial charge in [0.2, 0.25) is 5.76 Å². The molecule has 0 fully saturated rings. The van der Waals surface area contributed by atoms with E-state index in [4.69, 9.17) is 29.7 Å². The number of esters is 1. The summed E-state index contributed by atoms with van der Waals surface area (Å²) in [6, 6.07) is 3.82. The number of aromatic carboxylic acids is 1. The van der Waals surface area contributed by atoms with Gasteiger partial charge in [-0.1, -0.05) is 10.2 Å². The van der Waals surface area contributed by atoms with E-state index in [2.05, 4.69) is 20.1 Å². The lowest BCUT2D eigenvalue weighted by Crippen LogP contribution is -2.09. The van der Waals surface area contributed by atoms with E-state index in [1.54, 1.807) is 0 Å². The lowest BCUT2D eigenvalue weighted by atomic mass is 10.3. The molecular formula is C12H8N6O6. The fraction of sp³-hybridized carbons (Fsp3) is 0.167. The van der Waals surface area contributed by atoms with Gasteiger partial charge in [0, 0.05) is 15.9 Å². The monoisotopic (exact) mass is 332 g/mol. The van der Waals surface area contributed by atoms with Crippen LogP contribution in [0.1, 0.15) is 32.6 Å². The predicted molar refractivity (Wildman–Crippen MR) is 75.0 cm³/mol. The molecule has 2 aromatic heterocycles. The molecule has 0 radical (unpaired) electrons. The summed E-state index contributed by atoms with van der Waals surface area (Å²) >= 11 is 0. The second-order valence-corrected chi connectivity index (χ2v) is 4.14. The van der Waals surface area contributed by atoms with E-state index in [-0.39, 0.29) is 36.1 Å². The van der Waals surface area contributed by atoms with Crippen LogP contribution in [0.15, 0.2) is 37.3 Å². The van der Waals surface area contributed by atoms with Gasteiger partial charge in [0.15, 0.2) is 5.75 Å². The molecule has 2 heterocycles. The molecule has 0 aliphatic rings. The standard InChI is InChI=1S/C12H8N6O6/c13-17-15-4-6-1-2-8(22-6)12(21)24-9-3-7(5-16-18-14)23-10(9)11(19)20/h1-3H,4-5H2,(H,19,20). The minimum Gasteiger partial charge on any atom is -0.475 e. The number of carbonyl (C=O) groups excluding carboxylic acids is 1. The third-order valence-electron chi connectivity index (χ3n) is 2.59. The molecule has 0 saturated carbocycles. The van der Waals surface area contributed by atoms with Crippen LogP contribution in [0.2, 0.25) is 0 Å². The van der Waals surface area contributed by atoms with Crippen LogP contribution in [0.25, 0.3) is 20.9 Å². The third kappa shape index (κ3) is 3.85. The SMILES string of the molecule is [N-]=[N+]=NCc1ccc(C(=O)Oc2cc(CN=[N+]=[N-])oc2C(=O)O)o1. The highest BCUT2D eigenvalue weighted by Crippen LogP contribution is 2.25. The average molecular weight is 332 g/mol. The van der Waals surface area contributed by atoms with Crippen LogP contribution in [0.3, 0.4) is 0 Å². The molecule has 2 aromatic rings. The van der Waals surface area contributed by atoms with Gasteiger partial charge in [0.25, 0.3) is 5.76 Å². The van der Waals surface area contributed by atoms with E-state index in [9.17, 15) is 9.59 Å². The number of carboxylic acid groups (broad SMARTS) is 1. The Bertz CT molecular complexity index is 870. The average Bonchev–Trinajstić information content (AvgIpc) is 3.17. The quantitative estimate of drug-likeness (QED) is 0.349. The molecule has 0 bridgehead atoms. The first-order valence-corrected chi connectivity index (χ1v) is 6.23. The van der Waals surface area contributed by atoms with Crippen molar-refractivity contribution in [3.63, 3.8) is 0 Å². The van der Waals surface area contributed by atoms with Gasteiger partial charge in [-0.25, -0.2) is 9.59 Å². The largest absolute Gasteiger partial charge is 0.475 e. The summed E-state index contributed by atoms with van der Waals surface area (Å²) in [6.45, 7) is -0.336. The highest BCUT2D eigenvalue weighted by atomic mass is 16.6. The molecule has 1 N–H and O–H groups in total. The molecular weight excluding hydrogens is 324 g/mol. The third-order valence-corrected chi connectivity index (χ3v) is 2.59. The summed E-state index contributed by atoms with van der Waals surface area (Å²) in [5.74, 6) is -3.39. The van der Waals surface area contributed by atoms with E-state index < -0.39 is 17.7 Å². The molecule has 0 spiro atoms. The van der Waals surface area contributed by atoms with Crippen molar-refractivity contribution in [2.45, 2.75) is 13.1 Å². The maximum Gasteiger partial charge on any atom is 0.379 e. The van der Waals surface area contributed by atoms with Gasteiger partial charge in [-0.15, -0.1) is 0 Å². The van der Waals surface area contributed by atoms with Crippen molar-refractivity contribution >= 4 is 11.9 Å². The van der Waals surface area contributed by atoms with Gasteiger partial charge in [-0.2, -0.15) is 0 Å². The summed E-state index contributed by atoms with van der Waals surface area (Å²) < 4.78 is 15.0. The molecule has 0 atom stereocenters. The Labute approximate surface area is 132 Å². The second-order valence-electron chi connectivity index (χ2n) is 4.14. The number of hydrogen-bond donors (Lipinski definition) is 1. The summed E-state index contributed by atoms with van der Waals surface area (Å²) in [5.41, 5.74) is 16.5. The molecule has 0 aliphatic carbocycles. The molecule has 24 heavy (non-hydrogen) atoms. The number of hydrogen-bond acceptors (Lipinski definition) is 7. The smallest absolute Gasteiger partial charge is 0.379 e. The molecule has 12 nitrogen and oxygen atoms in total. The van der Waals surface area contributed by atoms with Crippen LogP contribution in [0.5, 0.6) is 5.75 Å². The van der Waals surface area contributed by atoms with Crippen molar-refractivity contribution in [2.24, 2.45) is 10.2 Å². The minimum atomic E-state index is -1.46. The van der Waals surface area contributed by atoms with Crippen molar-refractivity contribution in [1.82, 2.24) is 0 Å². The number of ether oxygens (including phenoxy) is 1. The molecule has 122 valence electrons. The molecule has 0 unspecified atom stereocenters. The maximum atomic E-state index is 12.0. The first kappa shape index (κ1) is 16.5. The van der Waals surface area contributed by atoms with E-state index in [1.165, 1.54) is 12.1 Å². The number of carboxylic acids is 1. The number of azide groups is 2. The van der Waals surface area contributed by atoms with Crippen molar-refractivity contribution in [3.05, 3.63) is 62.1 Å². The summed E-state index contributed by atoms with van der Waals surface area (Å²) in [4.78, 5) is 28.1. The van der Waals surface area contributed by atoms with Gasteiger partial charge in [-0.05, 0) is 23.2 Å². The van der Waals surface area contributed by atoms with Crippen molar-refractivity contribution in [3.8, 4) is 5.75 Å². The predicted octanol–water partition coefficient (Wildman–Crippen LogP) is 3.41. The van der Waals surface area contributed by atoms with Gasteiger partial charge >= 0.3 is 11.9 Å². The summed E-state index contributed by atoms with van der Waals surface area (Å²) in [6.07, 6.45) is 0. The molecule has 0 aliphatic heterocycles. The Balaban J connectivity index is 2.19. The van der Waals surface area contributed by atoms with Crippen molar-refractivity contribution in [1.29, 1.82) is 0 Å². The molecule has 0 saturated heterocycles. The van der Waals surface area contributed by atoms with Crippen molar-refractivity contribution < 1.29 is 28.3 Å². The highest BCUT2D eigenvalue weighted by Gasteiger charge is 2.23. The van der Waals surface area contributed by atoms with Gasteiger partial charge in [0.1, 0.15) is 11.5 Å². The number of rotatable bonds is 7. The van der Waals surface area contributed by atoms with Crippen LogP contribution in [0, 0.1) is 0 Å². The van der Waals surface area contributed by atoms with Crippen LogP contribution in [0.4, 0.5) is 0 Å². The number of nitrogens with zero attached hydrogens (tertiary/aromatic N) is 6. The minimum absolute atomic E-state index is 0.0106. The molecule has 0 aromatic carbocycles. The Morgan fingerprint density at radius 3 is 2.42 bits per heavy atom. The van der Waals surface area contributed by atoms with Gasteiger partial charge in [-0.3, -0.25) is 0 Å². The van der Waals surface area contributed by atoms with Crippen LogP contribution >= 0.6 is 0 Å². The van der Waals surface area contributed by atoms with Crippen LogP contribution in [-0.4, -0.2) is 17.0 Å². The normalized spacial score (nSPS) is 9.67. The first-order chi connectivity index (χ1) is 11.5. The lowest BCUT2D eigenvalue weighted by Gasteiger charge is -1.99. The Kier molecular flexibility index (Phi) is 5.09. The number of carbonyl (C=O) groups is 2. The topological polar surface area (TPSA) is 187 Å². The zero-order valence-corrected chi connectivity index (χ0v) is 11.8. The first-order valence-electron chi connectivity index (χ1n) is 6.23. The van der Waals surface area contributed by atoms with Gasteiger partial charge in [0.05, 0.1) is 13.1 Å². The molecule has 0 amide bonds. The fourth-order valence-corrected chi connectivity index (χ4v) is 1.65. The Morgan fingerprint density at radius 1 is 1.12 bits per heavy atom. The summed E-state index contributed by atoms with van der Waals surface area (Å²) in [7, 11) is 0. The summed E-state index contributed by atoms with van der Waals surface area (Å²) in [5, 5.41) is 15.5. The van der Waals surface area contributed by atoms with E-state index >= 15 is 0 Å². The van der Waals surface area contributed by atoms with Gasteiger partial charge < -0.3 is 18.7 Å². The van der Waals surface area contributed by atoms with Crippen LogP contribution in [-0.2, 0) is 13.1 Å².